The van der Waals surface area contributed by atoms with Gasteiger partial charge in [-0.25, -0.2) is 0 Å². The minimum atomic E-state index is -0.893. The molecule has 0 saturated carbocycles. The van der Waals surface area contributed by atoms with E-state index in [0.29, 0.717) is 34.3 Å². The summed E-state index contributed by atoms with van der Waals surface area (Å²) in [5.74, 6) is 0.829. The number of amides is 1. The maximum atomic E-state index is 13.1. The molecule has 168 valence electrons. The van der Waals surface area contributed by atoms with Crippen LogP contribution in [0.5, 0.6) is 17.2 Å². The quantitative estimate of drug-likeness (QED) is 0.359. The molecular formula is C25H21NO7. The van der Waals surface area contributed by atoms with Crippen LogP contribution in [0.2, 0.25) is 0 Å². The highest BCUT2D eigenvalue weighted by molar-refractivity contribution is 6.46. The molecule has 1 aromatic heterocycles. The summed E-state index contributed by atoms with van der Waals surface area (Å²) in [6, 6.07) is 14.6. The SMILES string of the molecule is COc1cccc(CN2C(=O)C(=O)/C(=C(\O)c3ccc4c(c3)OCO4)C2c2ccc(C)o2)c1. The van der Waals surface area contributed by atoms with Crippen LogP contribution in [-0.2, 0) is 16.1 Å². The molecule has 2 aromatic carbocycles. The largest absolute Gasteiger partial charge is 0.507 e. The lowest BCUT2D eigenvalue weighted by atomic mass is 9.99. The lowest BCUT2D eigenvalue weighted by molar-refractivity contribution is -0.140. The summed E-state index contributed by atoms with van der Waals surface area (Å²) >= 11 is 0. The second-order valence-corrected chi connectivity index (χ2v) is 7.79. The maximum Gasteiger partial charge on any atom is 0.296 e. The van der Waals surface area contributed by atoms with Crippen molar-refractivity contribution in [2.24, 2.45) is 0 Å². The highest BCUT2D eigenvalue weighted by Crippen LogP contribution is 2.42. The van der Waals surface area contributed by atoms with Gasteiger partial charge >= 0.3 is 0 Å². The van der Waals surface area contributed by atoms with E-state index < -0.39 is 17.7 Å². The fraction of sp³-hybridized carbons (Fsp3) is 0.200. The monoisotopic (exact) mass is 447 g/mol. The number of furan rings is 1. The third kappa shape index (κ3) is 3.59. The van der Waals surface area contributed by atoms with E-state index in [-0.39, 0.29) is 24.7 Å². The predicted molar refractivity (Wildman–Crippen MR) is 117 cm³/mol. The van der Waals surface area contributed by atoms with Gasteiger partial charge < -0.3 is 28.6 Å². The van der Waals surface area contributed by atoms with Crippen molar-refractivity contribution in [1.29, 1.82) is 0 Å². The van der Waals surface area contributed by atoms with E-state index in [4.69, 9.17) is 18.6 Å². The first-order valence-electron chi connectivity index (χ1n) is 10.3. The number of fused-ring (bicyclic) bond motifs is 1. The van der Waals surface area contributed by atoms with Crippen molar-refractivity contribution < 1.29 is 33.3 Å². The van der Waals surface area contributed by atoms with E-state index in [1.807, 2.05) is 12.1 Å². The van der Waals surface area contributed by atoms with Gasteiger partial charge in [-0.15, -0.1) is 0 Å². The molecule has 33 heavy (non-hydrogen) atoms. The number of aryl methyl sites for hydroxylation is 1. The van der Waals surface area contributed by atoms with Crippen LogP contribution in [0.4, 0.5) is 0 Å². The zero-order valence-electron chi connectivity index (χ0n) is 18.0. The van der Waals surface area contributed by atoms with E-state index in [1.54, 1.807) is 56.5 Å². The molecule has 1 atom stereocenters. The minimum absolute atomic E-state index is 0.0453. The number of ketones is 1. The summed E-state index contributed by atoms with van der Waals surface area (Å²) in [5.41, 5.74) is 1.07. The molecule has 1 amide bonds. The third-order valence-electron chi connectivity index (χ3n) is 5.70. The van der Waals surface area contributed by atoms with Gasteiger partial charge in [-0.2, -0.15) is 0 Å². The number of benzene rings is 2. The summed E-state index contributed by atoms with van der Waals surface area (Å²) in [4.78, 5) is 27.6. The van der Waals surface area contributed by atoms with Gasteiger partial charge in [0.2, 0.25) is 6.79 Å². The number of methoxy groups -OCH3 is 1. The van der Waals surface area contributed by atoms with E-state index in [9.17, 15) is 14.7 Å². The van der Waals surface area contributed by atoms with Crippen LogP contribution in [0, 0.1) is 6.92 Å². The fourth-order valence-corrected chi connectivity index (χ4v) is 4.11. The van der Waals surface area contributed by atoms with Crippen LogP contribution in [-0.4, -0.2) is 35.6 Å². The van der Waals surface area contributed by atoms with E-state index >= 15 is 0 Å². The van der Waals surface area contributed by atoms with Crippen molar-refractivity contribution in [2.45, 2.75) is 19.5 Å². The van der Waals surface area contributed by atoms with E-state index in [1.165, 1.54) is 4.90 Å². The molecule has 1 unspecified atom stereocenters. The summed E-state index contributed by atoms with van der Waals surface area (Å²) in [7, 11) is 1.56. The molecule has 3 aromatic rings. The standard InChI is InChI=1S/C25H21NO7/c1-14-6-8-19(33-14)22-21(23(27)16-7-9-18-20(11-16)32-13-31-18)24(28)25(29)26(22)12-15-4-3-5-17(10-15)30-2/h3-11,22,27H,12-13H2,1-2H3/b23-21-. The Hall–Kier alpha value is -4.20. The van der Waals surface area contributed by atoms with Crippen LogP contribution in [0.3, 0.4) is 0 Å². The Morgan fingerprint density at radius 2 is 1.91 bits per heavy atom. The van der Waals surface area contributed by atoms with Crippen molar-refractivity contribution in [1.82, 2.24) is 4.90 Å². The van der Waals surface area contributed by atoms with Gasteiger partial charge in [-0.05, 0) is 55.0 Å². The summed E-state index contributed by atoms with van der Waals surface area (Å²) in [6.07, 6.45) is 0. The number of hydrogen-bond donors (Lipinski definition) is 1. The first kappa shape index (κ1) is 20.7. The third-order valence-corrected chi connectivity index (χ3v) is 5.70. The number of likely N-dealkylation sites (tertiary alicyclic amines) is 1. The molecule has 3 heterocycles. The molecule has 1 saturated heterocycles. The number of nitrogens with zero attached hydrogens (tertiary/aromatic N) is 1. The Balaban J connectivity index is 1.61. The maximum absolute atomic E-state index is 13.1. The van der Waals surface area contributed by atoms with Crippen molar-refractivity contribution in [3.63, 3.8) is 0 Å². The smallest absolute Gasteiger partial charge is 0.296 e. The van der Waals surface area contributed by atoms with Crippen LogP contribution < -0.4 is 14.2 Å². The van der Waals surface area contributed by atoms with E-state index in [2.05, 4.69) is 0 Å². The number of carbonyl (C=O) groups excluding carboxylic acids is 2. The van der Waals surface area contributed by atoms with Gasteiger partial charge in [0.1, 0.15) is 29.1 Å². The Morgan fingerprint density at radius 1 is 1.09 bits per heavy atom. The topological polar surface area (TPSA) is 98.4 Å². The molecule has 0 bridgehead atoms. The molecule has 8 heteroatoms. The van der Waals surface area contributed by atoms with Gasteiger partial charge in [0.05, 0.1) is 12.7 Å². The second-order valence-electron chi connectivity index (χ2n) is 7.79. The Kier molecular flexibility index (Phi) is 5.05. The van der Waals surface area contributed by atoms with Gasteiger partial charge in [0, 0.05) is 12.1 Å². The van der Waals surface area contributed by atoms with Crippen LogP contribution in [0.15, 0.2) is 64.6 Å². The zero-order chi connectivity index (χ0) is 23.1. The van der Waals surface area contributed by atoms with Crippen molar-refractivity contribution >= 4 is 17.4 Å². The van der Waals surface area contributed by atoms with Crippen LogP contribution >= 0.6 is 0 Å². The van der Waals surface area contributed by atoms with Crippen molar-refractivity contribution in [3.8, 4) is 17.2 Å². The molecule has 8 nitrogen and oxygen atoms in total. The molecule has 1 fully saturated rings. The fourth-order valence-electron chi connectivity index (χ4n) is 4.11. The number of aliphatic hydroxyl groups is 1. The number of hydrogen-bond acceptors (Lipinski definition) is 7. The van der Waals surface area contributed by atoms with Gasteiger partial charge in [0.15, 0.2) is 11.5 Å². The summed E-state index contributed by atoms with van der Waals surface area (Å²) in [5, 5.41) is 11.2. The normalized spacial score (nSPS) is 18.7. The first-order chi connectivity index (χ1) is 16.0. The number of Topliss-reactive ketones (excluding diaryl/α,β-unsaturated/α-hetero) is 1. The summed E-state index contributed by atoms with van der Waals surface area (Å²) in [6.45, 7) is 1.98. The average molecular weight is 447 g/mol. The van der Waals surface area contributed by atoms with Crippen molar-refractivity contribution in [2.75, 3.05) is 13.9 Å². The molecular weight excluding hydrogens is 426 g/mol. The lowest BCUT2D eigenvalue weighted by Crippen LogP contribution is -2.29. The van der Waals surface area contributed by atoms with E-state index in [0.717, 1.165) is 5.56 Å². The molecule has 0 spiro atoms. The number of ether oxygens (including phenoxy) is 3. The first-order valence-corrected chi connectivity index (χ1v) is 10.3. The van der Waals surface area contributed by atoms with Crippen LogP contribution in [0.25, 0.3) is 5.76 Å². The number of aliphatic hydroxyl groups excluding tert-OH is 1. The molecule has 1 N–H and O–H groups in total. The molecule has 5 rings (SSSR count). The second kappa shape index (κ2) is 8.05. The molecule has 0 aliphatic carbocycles. The zero-order valence-corrected chi connectivity index (χ0v) is 18.0. The minimum Gasteiger partial charge on any atom is -0.507 e. The van der Waals surface area contributed by atoms with Crippen molar-refractivity contribution in [3.05, 3.63) is 82.8 Å². The predicted octanol–water partition coefficient (Wildman–Crippen LogP) is 3.95. The Labute approximate surface area is 189 Å². The molecule has 0 radical (unpaired) electrons. The average Bonchev–Trinajstić information content (AvgIpc) is 3.53. The van der Waals surface area contributed by atoms with Gasteiger partial charge in [0.25, 0.3) is 11.7 Å². The Morgan fingerprint density at radius 3 is 2.67 bits per heavy atom. The lowest BCUT2D eigenvalue weighted by Gasteiger charge is -2.23. The molecule has 2 aliphatic rings. The molecule has 2 aliphatic heterocycles. The summed E-state index contributed by atoms with van der Waals surface area (Å²) < 4.78 is 21.8. The number of carbonyl (C=O) groups is 2. The highest BCUT2D eigenvalue weighted by Gasteiger charge is 2.47. The van der Waals surface area contributed by atoms with Gasteiger partial charge in [-0.1, -0.05) is 12.1 Å². The van der Waals surface area contributed by atoms with Gasteiger partial charge in [-0.3, -0.25) is 9.59 Å². The highest BCUT2D eigenvalue weighted by atomic mass is 16.7. The van der Waals surface area contributed by atoms with Crippen LogP contribution in [0.1, 0.15) is 28.7 Å². The Bertz CT molecular complexity index is 1290. The number of rotatable bonds is 5.